The summed E-state index contributed by atoms with van der Waals surface area (Å²) in [6, 6.07) is 0.380. The van der Waals surface area contributed by atoms with Crippen LogP contribution in [0.3, 0.4) is 0 Å². The van der Waals surface area contributed by atoms with Crippen molar-refractivity contribution in [3.63, 3.8) is 0 Å². The Labute approximate surface area is 104 Å². The maximum atomic E-state index is 5.76. The van der Waals surface area contributed by atoms with Gasteiger partial charge in [-0.05, 0) is 68.6 Å². The van der Waals surface area contributed by atoms with Crippen LogP contribution in [0.2, 0.25) is 0 Å². The summed E-state index contributed by atoms with van der Waals surface area (Å²) in [5.74, 6) is 10.5. The third kappa shape index (κ3) is 2.13. The van der Waals surface area contributed by atoms with Crippen molar-refractivity contribution < 1.29 is 4.74 Å². The van der Waals surface area contributed by atoms with E-state index in [1.165, 1.54) is 32.1 Å². The van der Waals surface area contributed by atoms with E-state index in [1.807, 2.05) is 0 Å². The van der Waals surface area contributed by atoms with E-state index in [-0.39, 0.29) is 0 Å². The molecule has 4 fully saturated rings. The maximum absolute atomic E-state index is 5.76. The summed E-state index contributed by atoms with van der Waals surface area (Å²) in [6.45, 7) is 3.65. The number of rotatable bonds is 5. The van der Waals surface area contributed by atoms with Crippen LogP contribution in [0.25, 0.3) is 0 Å². The van der Waals surface area contributed by atoms with E-state index in [0.29, 0.717) is 6.04 Å². The standard InChI is InChI=1S/C14H26N2O/c1-2-17-8-13(16-15)14-11-4-9-3-10(6-11)7-12(14)5-9/h9-14,16H,2-8,15H2,1H3. The van der Waals surface area contributed by atoms with E-state index in [0.717, 1.165) is 42.8 Å². The molecule has 0 spiro atoms. The first kappa shape index (κ1) is 11.9. The lowest BCUT2D eigenvalue weighted by molar-refractivity contribution is -0.0642. The SMILES string of the molecule is CCOCC(NN)C1C2CC3CC(C2)CC1C3. The van der Waals surface area contributed by atoms with Gasteiger partial charge in [0.25, 0.3) is 0 Å². The van der Waals surface area contributed by atoms with Gasteiger partial charge >= 0.3 is 0 Å². The van der Waals surface area contributed by atoms with Crippen LogP contribution < -0.4 is 11.3 Å². The molecule has 0 aromatic carbocycles. The zero-order valence-corrected chi connectivity index (χ0v) is 10.9. The molecule has 1 atom stereocenters. The Morgan fingerprint density at radius 1 is 1.12 bits per heavy atom. The summed E-state index contributed by atoms with van der Waals surface area (Å²) in [4.78, 5) is 0. The van der Waals surface area contributed by atoms with Crippen molar-refractivity contribution in [3.8, 4) is 0 Å². The first-order valence-electron chi connectivity index (χ1n) is 7.35. The van der Waals surface area contributed by atoms with Crippen molar-refractivity contribution in [2.45, 2.75) is 45.1 Å². The third-order valence-electron chi connectivity index (χ3n) is 5.48. The predicted octanol–water partition coefficient (Wildman–Crippen LogP) is 1.93. The molecule has 3 nitrogen and oxygen atoms in total. The third-order valence-corrected chi connectivity index (χ3v) is 5.48. The van der Waals surface area contributed by atoms with Crippen molar-refractivity contribution in [2.24, 2.45) is 35.4 Å². The normalized spacial score (nSPS) is 45.2. The summed E-state index contributed by atoms with van der Waals surface area (Å²) in [5.41, 5.74) is 3.04. The smallest absolute Gasteiger partial charge is 0.0635 e. The number of nitrogens with two attached hydrogens (primary N) is 1. The van der Waals surface area contributed by atoms with E-state index in [2.05, 4.69) is 12.3 Å². The molecule has 4 bridgehead atoms. The van der Waals surface area contributed by atoms with Crippen LogP contribution in [0, 0.1) is 29.6 Å². The predicted molar refractivity (Wildman–Crippen MR) is 68.1 cm³/mol. The van der Waals surface area contributed by atoms with Gasteiger partial charge in [0, 0.05) is 12.6 Å². The molecule has 3 heteroatoms. The molecule has 0 radical (unpaired) electrons. The molecule has 0 aliphatic heterocycles. The average Bonchev–Trinajstić information content (AvgIpc) is 2.31. The molecule has 3 N–H and O–H groups in total. The Bertz CT molecular complexity index is 241. The Balaban J connectivity index is 1.69. The lowest BCUT2D eigenvalue weighted by Crippen LogP contribution is -2.56. The fourth-order valence-electron chi connectivity index (χ4n) is 5.14. The first-order chi connectivity index (χ1) is 8.31. The van der Waals surface area contributed by atoms with E-state index in [1.54, 1.807) is 0 Å². The Hall–Kier alpha value is -0.120. The second kappa shape index (κ2) is 4.87. The second-order valence-electron chi connectivity index (χ2n) is 6.44. The van der Waals surface area contributed by atoms with E-state index in [4.69, 9.17) is 10.6 Å². The van der Waals surface area contributed by atoms with Gasteiger partial charge in [0.2, 0.25) is 0 Å². The Morgan fingerprint density at radius 3 is 2.18 bits per heavy atom. The molecule has 0 saturated heterocycles. The zero-order chi connectivity index (χ0) is 11.8. The maximum Gasteiger partial charge on any atom is 0.0635 e. The lowest BCUT2D eigenvalue weighted by Gasteiger charge is -2.56. The van der Waals surface area contributed by atoms with E-state index in [9.17, 15) is 0 Å². The molecular weight excluding hydrogens is 212 g/mol. The zero-order valence-electron chi connectivity index (χ0n) is 10.9. The van der Waals surface area contributed by atoms with Crippen LogP contribution >= 0.6 is 0 Å². The van der Waals surface area contributed by atoms with Gasteiger partial charge in [-0.3, -0.25) is 11.3 Å². The first-order valence-corrected chi connectivity index (χ1v) is 7.35. The minimum atomic E-state index is 0.380. The summed E-state index contributed by atoms with van der Waals surface area (Å²) < 4.78 is 5.60. The fraction of sp³-hybridized carbons (Fsp3) is 1.00. The van der Waals surface area contributed by atoms with Gasteiger partial charge in [0.1, 0.15) is 0 Å². The fourth-order valence-corrected chi connectivity index (χ4v) is 5.14. The highest BCUT2D eigenvalue weighted by molar-refractivity contribution is 5.01. The van der Waals surface area contributed by atoms with Crippen LogP contribution in [0.15, 0.2) is 0 Å². The largest absolute Gasteiger partial charge is 0.380 e. The molecule has 98 valence electrons. The molecule has 4 saturated carbocycles. The van der Waals surface area contributed by atoms with Gasteiger partial charge in [0.05, 0.1) is 6.61 Å². The summed E-state index contributed by atoms with van der Waals surface area (Å²) in [6.07, 6.45) is 7.36. The van der Waals surface area contributed by atoms with Crippen LogP contribution in [0.4, 0.5) is 0 Å². The number of nitrogens with one attached hydrogen (secondary N) is 1. The Morgan fingerprint density at radius 2 is 1.71 bits per heavy atom. The van der Waals surface area contributed by atoms with Gasteiger partial charge in [-0.25, -0.2) is 0 Å². The highest BCUT2D eigenvalue weighted by Crippen LogP contribution is 2.57. The number of ether oxygens (including phenoxy) is 1. The quantitative estimate of drug-likeness (QED) is 0.568. The summed E-state index contributed by atoms with van der Waals surface area (Å²) >= 11 is 0. The Kier molecular flexibility index (Phi) is 3.42. The monoisotopic (exact) mass is 238 g/mol. The molecule has 4 aliphatic rings. The number of hydrogen-bond donors (Lipinski definition) is 2. The van der Waals surface area contributed by atoms with Crippen molar-refractivity contribution in [3.05, 3.63) is 0 Å². The van der Waals surface area contributed by atoms with Gasteiger partial charge in [-0.2, -0.15) is 0 Å². The van der Waals surface area contributed by atoms with Crippen molar-refractivity contribution in [2.75, 3.05) is 13.2 Å². The van der Waals surface area contributed by atoms with Crippen LogP contribution in [0.5, 0.6) is 0 Å². The number of hydrazine groups is 1. The van der Waals surface area contributed by atoms with Gasteiger partial charge in [0.15, 0.2) is 0 Å². The van der Waals surface area contributed by atoms with Crippen LogP contribution in [-0.4, -0.2) is 19.3 Å². The molecular formula is C14H26N2O. The van der Waals surface area contributed by atoms with Crippen molar-refractivity contribution >= 4 is 0 Å². The average molecular weight is 238 g/mol. The van der Waals surface area contributed by atoms with E-state index < -0.39 is 0 Å². The lowest BCUT2D eigenvalue weighted by atomic mass is 9.50. The topological polar surface area (TPSA) is 47.3 Å². The molecule has 4 rings (SSSR count). The molecule has 17 heavy (non-hydrogen) atoms. The van der Waals surface area contributed by atoms with Crippen LogP contribution in [-0.2, 0) is 4.74 Å². The highest BCUT2D eigenvalue weighted by Gasteiger charge is 2.50. The highest BCUT2D eigenvalue weighted by atomic mass is 16.5. The molecule has 0 aromatic heterocycles. The summed E-state index contributed by atoms with van der Waals surface area (Å²) in [5, 5.41) is 0. The molecule has 0 heterocycles. The van der Waals surface area contributed by atoms with E-state index >= 15 is 0 Å². The van der Waals surface area contributed by atoms with Crippen LogP contribution in [0.1, 0.15) is 39.0 Å². The van der Waals surface area contributed by atoms with Crippen molar-refractivity contribution in [1.82, 2.24) is 5.43 Å². The molecule has 0 amide bonds. The summed E-state index contributed by atoms with van der Waals surface area (Å²) in [7, 11) is 0. The number of hydrogen-bond acceptors (Lipinski definition) is 3. The van der Waals surface area contributed by atoms with Gasteiger partial charge in [-0.1, -0.05) is 0 Å². The van der Waals surface area contributed by atoms with Gasteiger partial charge in [-0.15, -0.1) is 0 Å². The molecule has 4 aliphatic carbocycles. The minimum Gasteiger partial charge on any atom is -0.380 e. The van der Waals surface area contributed by atoms with Crippen molar-refractivity contribution in [1.29, 1.82) is 0 Å². The second-order valence-corrected chi connectivity index (χ2v) is 6.44. The minimum absolute atomic E-state index is 0.380. The molecule has 1 unspecified atom stereocenters. The van der Waals surface area contributed by atoms with Gasteiger partial charge < -0.3 is 4.74 Å². The molecule has 0 aromatic rings.